The highest BCUT2D eigenvalue weighted by molar-refractivity contribution is 6.05. The fourth-order valence-electron chi connectivity index (χ4n) is 2.56. The van der Waals surface area contributed by atoms with Gasteiger partial charge in [0.05, 0.1) is 6.61 Å². The monoisotopic (exact) mass is 396 g/mol. The molecular weight excluding hydrogens is 375 g/mol. The number of ether oxygens (including phenoxy) is 3. The average Bonchev–Trinajstić information content (AvgIpc) is 2.73. The Labute approximate surface area is 168 Å². The van der Waals surface area contributed by atoms with Crippen LogP contribution in [0, 0.1) is 5.82 Å². The van der Waals surface area contributed by atoms with Gasteiger partial charge < -0.3 is 19.5 Å². The Hall–Kier alpha value is -3.45. The van der Waals surface area contributed by atoms with Gasteiger partial charge in [-0.3, -0.25) is 4.79 Å². The summed E-state index contributed by atoms with van der Waals surface area (Å²) in [4.78, 5) is 16.8. The van der Waals surface area contributed by atoms with Crippen molar-refractivity contribution in [3.8, 4) is 11.6 Å². The second kappa shape index (κ2) is 10.2. The van der Waals surface area contributed by atoms with Gasteiger partial charge in [0.25, 0.3) is 5.91 Å². The highest BCUT2D eigenvalue weighted by atomic mass is 19.1. The Morgan fingerprint density at radius 2 is 1.90 bits per heavy atom. The van der Waals surface area contributed by atoms with Crippen LogP contribution in [-0.2, 0) is 11.3 Å². The zero-order valence-electron chi connectivity index (χ0n) is 15.9. The number of hydrogen-bond acceptors (Lipinski definition) is 5. The van der Waals surface area contributed by atoms with E-state index in [9.17, 15) is 9.18 Å². The number of amides is 1. The van der Waals surface area contributed by atoms with Crippen LogP contribution in [0.1, 0.15) is 15.9 Å². The summed E-state index contributed by atoms with van der Waals surface area (Å²) in [7, 11) is 1.57. The van der Waals surface area contributed by atoms with E-state index >= 15 is 0 Å². The van der Waals surface area contributed by atoms with Crippen molar-refractivity contribution in [2.75, 3.05) is 25.6 Å². The molecular formula is C22H21FN2O4. The Morgan fingerprint density at radius 3 is 2.72 bits per heavy atom. The molecule has 0 fully saturated rings. The molecule has 6 nitrogen and oxygen atoms in total. The fourth-order valence-corrected chi connectivity index (χ4v) is 2.56. The summed E-state index contributed by atoms with van der Waals surface area (Å²) < 4.78 is 29.3. The molecule has 0 unspecified atom stereocenters. The molecule has 29 heavy (non-hydrogen) atoms. The highest BCUT2D eigenvalue weighted by Gasteiger charge is 2.14. The van der Waals surface area contributed by atoms with Crippen molar-refractivity contribution in [3.05, 3.63) is 83.8 Å². The van der Waals surface area contributed by atoms with Gasteiger partial charge in [-0.25, -0.2) is 9.37 Å². The minimum atomic E-state index is -0.358. The lowest BCUT2D eigenvalue weighted by atomic mass is 10.2. The van der Waals surface area contributed by atoms with Crippen molar-refractivity contribution in [1.29, 1.82) is 0 Å². The quantitative estimate of drug-likeness (QED) is 0.552. The van der Waals surface area contributed by atoms with E-state index in [2.05, 4.69) is 10.3 Å². The minimum absolute atomic E-state index is 0.242. The molecule has 1 N–H and O–H groups in total. The van der Waals surface area contributed by atoms with Crippen LogP contribution in [0.15, 0.2) is 66.9 Å². The van der Waals surface area contributed by atoms with E-state index in [1.807, 2.05) is 6.07 Å². The number of halogens is 1. The molecule has 3 aromatic rings. The van der Waals surface area contributed by atoms with E-state index in [4.69, 9.17) is 14.2 Å². The first-order valence-corrected chi connectivity index (χ1v) is 9.01. The van der Waals surface area contributed by atoms with Gasteiger partial charge in [0.1, 0.15) is 30.3 Å². The standard InChI is InChI=1S/C22H21FN2O4/c1-27-11-12-28-22-20(9-4-10-24-22)21(26)25-18-7-2-5-16(13-18)15-29-19-8-3-6-17(23)14-19/h2-10,13-14H,11-12,15H2,1H3,(H,25,26). The average molecular weight is 396 g/mol. The number of carbonyl (C=O) groups is 1. The van der Waals surface area contributed by atoms with Gasteiger partial charge in [0.15, 0.2) is 0 Å². The molecule has 0 saturated heterocycles. The second-order valence-electron chi connectivity index (χ2n) is 6.10. The number of rotatable bonds is 9. The lowest BCUT2D eigenvalue weighted by Crippen LogP contribution is -2.15. The molecule has 1 amide bonds. The molecule has 1 heterocycles. The summed E-state index contributed by atoms with van der Waals surface area (Å²) in [5.41, 5.74) is 1.75. The van der Waals surface area contributed by atoms with Gasteiger partial charge in [-0.05, 0) is 42.0 Å². The molecule has 0 saturated carbocycles. The van der Waals surface area contributed by atoms with Gasteiger partial charge in [-0.1, -0.05) is 18.2 Å². The van der Waals surface area contributed by atoms with Crippen molar-refractivity contribution in [1.82, 2.24) is 4.98 Å². The number of benzene rings is 2. The number of aromatic nitrogens is 1. The molecule has 7 heteroatoms. The van der Waals surface area contributed by atoms with E-state index in [-0.39, 0.29) is 24.2 Å². The lowest BCUT2D eigenvalue weighted by Gasteiger charge is -2.11. The third kappa shape index (κ3) is 6.02. The van der Waals surface area contributed by atoms with E-state index in [0.29, 0.717) is 30.2 Å². The molecule has 0 radical (unpaired) electrons. The SMILES string of the molecule is COCCOc1ncccc1C(=O)Nc1cccc(COc2cccc(F)c2)c1. The van der Waals surface area contributed by atoms with Crippen LogP contribution in [-0.4, -0.2) is 31.2 Å². The number of hydrogen-bond donors (Lipinski definition) is 1. The van der Waals surface area contributed by atoms with Gasteiger partial charge in [-0.15, -0.1) is 0 Å². The number of anilines is 1. The van der Waals surface area contributed by atoms with E-state index in [1.54, 1.807) is 55.8 Å². The van der Waals surface area contributed by atoms with Gasteiger partial charge in [0.2, 0.25) is 5.88 Å². The zero-order chi connectivity index (χ0) is 20.5. The maximum absolute atomic E-state index is 13.2. The van der Waals surface area contributed by atoms with Crippen molar-refractivity contribution in [2.45, 2.75) is 6.61 Å². The fraction of sp³-hybridized carbons (Fsp3) is 0.182. The Bertz CT molecular complexity index is 965. The minimum Gasteiger partial charge on any atom is -0.489 e. The maximum atomic E-state index is 13.2. The molecule has 3 rings (SSSR count). The maximum Gasteiger partial charge on any atom is 0.261 e. The summed E-state index contributed by atoms with van der Waals surface area (Å²) in [6.07, 6.45) is 1.56. The first-order valence-electron chi connectivity index (χ1n) is 9.01. The smallest absolute Gasteiger partial charge is 0.261 e. The summed E-state index contributed by atoms with van der Waals surface area (Å²) >= 11 is 0. The molecule has 2 aromatic carbocycles. The summed E-state index contributed by atoms with van der Waals surface area (Å²) in [5.74, 6) is -0.0162. The molecule has 0 aliphatic heterocycles. The Balaban J connectivity index is 1.65. The van der Waals surface area contributed by atoms with Crippen molar-refractivity contribution < 1.29 is 23.4 Å². The zero-order valence-corrected chi connectivity index (χ0v) is 15.9. The summed E-state index contributed by atoms with van der Waals surface area (Å²) in [6.45, 7) is 0.928. The van der Waals surface area contributed by atoms with Crippen LogP contribution in [0.25, 0.3) is 0 Å². The number of nitrogens with one attached hydrogen (secondary N) is 1. The van der Waals surface area contributed by atoms with E-state index in [0.717, 1.165) is 5.56 Å². The van der Waals surface area contributed by atoms with Crippen LogP contribution in [0.5, 0.6) is 11.6 Å². The predicted octanol–water partition coefficient (Wildman–Crippen LogP) is 4.08. The number of nitrogens with zero attached hydrogens (tertiary/aromatic N) is 1. The predicted molar refractivity (Wildman–Crippen MR) is 107 cm³/mol. The van der Waals surface area contributed by atoms with Crippen LogP contribution < -0.4 is 14.8 Å². The third-order valence-corrected chi connectivity index (χ3v) is 3.93. The second-order valence-corrected chi connectivity index (χ2v) is 6.10. The van der Waals surface area contributed by atoms with Gasteiger partial charge in [0, 0.05) is 25.1 Å². The highest BCUT2D eigenvalue weighted by Crippen LogP contribution is 2.19. The molecule has 0 bridgehead atoms. The van der Waals surface area contributed by atoms with E-state index < -0.39 is 0 Å². The Morgan fingerprint density at radius 1 is 1.03 bits per heavy atom. The first kappa shape index (κ1) is 20.3. The number of methoxy groups -OCH3 is 1. The molecule has 0 aliphatic rings. The normalized spacial score (nSPS) is 10.4. The van der Waals surface area contributed by atoms with Crippen molar-refractivity contribution >= 4 is 11.6 Å². The Kier molecular flexibility index (Phi) is 7.13. The first-order chi connectivity index (χ1) is 14.2. The topological polar surface area (TPSA) is 69.7 Å². The summed E-state index contributed by atoms with van der Waals surface area (Å²) in [5, 5.41) is 2.83. The van der Waals surface area contributed by atoms with E-state index in [1.165, 1.54) is 12.1 Å². The molecule has 0 spiro atoms. The number of carbonyl (C=O) groups excluding carboxylic acids is 1. The number of pyridine rings is 1. The molecule has 0 aliphatic carbocycles. The molecule has 150 valence electrons. The van der Waals surface area contributed by atoms with Crippen molar-refractivity contribution in [2.24, 2.45) is 0 Å². The largest absolute Gasteiger partial charge is 0.489 e. The van der Waals surface area contributed by atoms with Gasteiger partial charge in [-0.2, -0.15) is 0 Å². The van der Waals surface area contributed by atoms with Crippen molar-refractivity contribution in [3.63, 3.8) is 0 Å². The van der Waals surface area contributed by atoms with Crippen LogP contribution in [0.3, 0.4) is 0 Å². The van der Waals surface area contributed by atoms with Crippen LogP contribution in [0.4, 0.5) is 10.1 Å². The molecule has 0 atom stereocenters. The summed E-state index contributed by atoms with van der Waals surface area (Å²) in [6, 6.07) is 16.5. The molecule has 1 aromatic heterocycles. The third-order valence-electron chi connectivity index (χ3n) is 3.93. The van der Waals surface area contributed by atoms with Crippen LogP contribution in [0.2, 0.25) is 0 Å². The van der Waals surface area contributed by atoms with Gasteiger partial charge >= 0.3 is 0 Å². The lowest BCUT2D eigenvalue weighted by molar-refractivity contribution is 0.101. The van der Waals surface area contributed by atoms with Crippen LogP contribution >= 0.6 is 0 Å².